The largest absolute Gasteiger partial charge is 0.480 e. The number of aliphatic carboxylic acids is 1. The van der Waals surface area contributed by atoms with E-state index < -0.39 is 18.1 Å². The number of hydrogen-bond donors (Lipinski definition) is 1. The molecule has 1 aliphatic heterocycles. The Kier molecular flexibility index (Phi) is 5.02. The van der Waals surface area contributed by atoms with E-state index in [1.807, 2.05) is 42.5 Å². The third kappa shape index (κ3) is 3.51. The molecule has 3 aromatic rings. The molecule has 3 aromatic carbocycles. The Morgan fingerprint density at radius 2 is 1.61 bits per heavy atom. The summed E-state index contributed by atoms with van der Waals surface area (Å²) in [6, 6.07) is 21.0. The first-order valence-corrected chi connectivity index (χ1v) is 10.9. The Labute approximate surface area is 188 Å². The van der Waals surface area contributed by atoms with E-state index in [4.69, 9.17) is 4.74 Å². The molecule has 1 atom stereocenters. The molecule has 5 rings (SSSR count). The Morgan fingerprint density at radius 1 is 0.968 bits per heavy atom. The summed E-state index contributed by atoms with van der Waals surface area (Å²) in [5.74, 6) is -1.09. The van der Waals surface area contributed by atoms with Gasteiger partial charge in [0, 0.05) is 16.8 Å². The Balaban J connectivity index is 1.38. The number of carboxylic acid groups (broad SMARTS) is 1. The van der Waals surface area contributed by atoms with Crippen LogP contribution in [0.15, 0.2) is 71.2 Å². The molecule has 1 unspecified atom stereocenters. The molecule has 6 heteroatoms. The maximum absolute atomic E-state index is 13.0. The summed E-state index contributed by atoms with van der Waals surface area (Å²) >= 11 is 3.43. The SMILES string of the molecule is O=C(O)C1Cc2cc(Br)ccc2CN1C(=O)OCC1c2ccccc2-c2ccccc21. The zero-order valence-corrected chi connectivity index (χ0v) is 18.2. The fourth-order valence-electron chi connectivity index (χ4n) is 4.64. The first kappa shape index (κ1) is 19.8. The van der Waals surface area contributed by atoms with E-state index in [1.54, 1.807) is 0 Å². The van der Waals surface area contributed by atoms with Crippen molar-refractivity contribution in [2.75, 3.05) is 6.61 Å². The topological polar surface area (TPSA) is 66.8 Å². The van der Waals surface area contributed by atoms with Crippen LogP contribution in [0.25, 0.3) is 11.1 Å². The highest BCUT2D eigenvalue weighted by molar-refractivity contribution is 9.10. The lowest BCUT2D eigenvalue weighted by Crippen LogP contribution is -2.49. The fraction of sp³-hybridized carbons (Fsp3) is 0.200. The van der Waals surface area contributed by atoms with Gasteiger partial charge < -0.3 is 9.84 Å². The Hall–Kier alpha value is -3.12. The monoisotopic (exact) mass is 477 g/mol. The molecule has 0 spiro atoms. The average Bonchev–Trinajstić information content (AvgIpc) is 3.10. The number of hydrogen-bond acceptors (Lipinski definition) is 3. The van der Waals surface area contributed by atoms with E-state index in [1.165, 1.54) is 4.90 Å². The summed E-state index contributed by atoms with van der Waals surface area (Å²) in [4.78, 5) is 26.2. The maximum Gasteiger partial charge on any atom is 0.410 e. The number of nitrogens with zero attached hydrogens (tertiary/aromatic N) is 1. The van der Waals surface area contributed by atoms with Gasteiger partial charge in [-0.1, -0.05) is 70.5 Å². The normalized spacial score (nSPS) is 16.9. The Bertz CT molecular complexity index is 1150. The highest BCUT2D eigenvalue weighted by Gasteiger charge is 2.37. The minimum Gasteiger partial charge on any atom is -0.480 e. The summed E-state index contributed by atoms with van der Waals surface area (Å²) in [7, 11) is 0. The molecule has 1 aliphatic carbocycles. The van der Waals surface area contributed by atoms with Crippen LogP contribution in [0.1, 0.15) is 28.2 Å². The number of rotatable bonds is 3. The second kappa shape index (κ2) is 7.85. The van der Waals surface area contributed by atoms with Gasteiger partial charge in [0.2, 0.25) is 0 Å². The number of halogens is 1. The van der Waals surface area contributed by atoms with Gasteiger partial charge in [0.25, 0.3) is 0 Å². The van der Waals surface area contributed by atoms with Gasteiger partial charge in [0.05, 0.1) is 6.54 Å². The van der Waals surface area contributed by atoms with Crippen LogP contribution in [0.5, 0.6) is 0 Å². The second-order valence-corrected chi connectivity index (χ2v) is 8.82. The standard InChI is InChI=1S/C25H20BrNO4/c26-17-10-9-15-13-27(23(24(28)29)12-16(15)11-17)25(30)31-14-22-20-7-3-1-5-18(20)19-6-2-4-8-21(19)22/h1-11,22-23H,12-14H2,(H,28,29). The van der Waals surface area contributed by atoms with E-state index >= 15 is 0 Å². The molecular weight excluding hydrogens is 458 g/mol. The number of fused-ring (bicyclic) bond motifs is 4. The van der Waals surface area contributed by atoms with Gasteiger partial charge in [-0.3, -0.25) is 4.90 Å². The summed E-state index contributed by atoms with van der Waals surface area (Å²) in [5, 5.41) is 9.73. The number of ether oxygens (including phenoxy) is 1. The summed E-state index contributed by atoms with van der Waals surface area (Å²) in [6.07, 6.45) is -0.336. The van der Waals surface area contributed by atoms with E-state index in [0.29, 0.717) is 0 Å². The van der Waals surface area contributed by atoms with Crippen molar-refractivity contribution >= 4 is 28.0 Å². The van der Waals surface area contributed by atoms with Gasteiger partial charge in [-0.15, -0.1) is 0 Å². The van der Waals surface area contributed by atoms with E-state index in [9.17, 15) is 14.7 Å². The molecule has 2 aliphatic rings. The van der Waals surface area contributed by atoms with Crippen molar-refractivity contribution in [2.45, 2.75) is 24.9 Å². The van der Waals surface area contributed by atoms with Crippen molar-refractivity contribution in [3.05, 3.63) is 93.5 Å². The van der Waals surface area contributed by atoms with Gasteiger partial charge in [-0.25, -0.2) is 9.59 Å². The molecule has 0 aromatic heterocycles. The molecule has 0 radical (unpaired) electrons. The second-order valence-electron chi connectivity index (χ2n) is 7.90. The average molecular weight is 478 g/mol. The van der Waals surface area contributed by atoms with Crippen LogP contribution in [0.2, 0.25) is 0 Å². The van der Waals surface area contributed by atoms with Gasteiger partial charge in [0.15, 0.2) is 0 Å². The van der Waals surface area contributed by atoms with E-state index in [2.05, 4.69) is 40.2 Å². The lowest BCUT2D eigenvalue weighted by atomic mass is 9.94. The van der Waals surface area contributed by atoms with Crippen molar-refractivity contribution in [2.24, 2.45) is 0 Å². The molecule has 31 heavy (non-hydrogen) atoms. The fourth-order valence-corrected chi connectivity index (χ4v) is 5.05. The predicted molar refractivity (Wildman–Crippen MR) is 120 cm³/mol. The molecule has 1 amide bonds. The minimum absolute atomic E-state index is 0.0624. The van der Waals surface area contributed by atoms with Crippen molar-refractivity contribution in [3.63, 3.8) is 0 Å². The number of carbonyl (C=O) groups is 2. The van der Waals surface area contributed by atoms with Crippen molar-refractivity contribution in [1.82, 2.24) is 4.90 Å². The highest BCUT2D eigenvalue weighted by Crippen LogP contribution is 2.44. The van der Waals surface area contributed by atoms with E-state index in [0.717, 1.165) is 37.9 Å². The quantitative estimate of drug-likeness (QED) is 0.562. The molecular formula is C25H20BrNO4. The zero-order chi connectivity index (χ0) is 21.5. The molecule has 0 fully saturated rings. The third-order valence-electron chi connectivity index (χ3n) is 6.15. The summed E-state index contributed by atoms with van der Waals surface area (Å²) in [5.41, 5.74) is 6.43. The van der Waals surface area contributed by atoms with Gasteiger partial charge >= 0.3 is 12.1 Å². The smallest absolute Gasteiger partial charge is 0.410 e. The maximum atomic E-state index is 13.0. The number of carbonyl (C=O) groups excluding carboxylic acids is 1. The number of carboxylic acids is 1. The molecule has 0 saturated heterocycles. The van der Waals surface area contributed by atoms with Gasteiger partial charge in [-0.05, 0) is 45.5 Å². The minimum atomic E-state index is -1.03. The van der Waals surface area contributed by atoms with Crippen LogP contribution >= 0.6 is 15.9 Å². The van der Waals surface area contributed by atoms with Crippen molar-refractivity contribution in [3.8, 4) is 11.1 Å². The first-order chi connectivity index (χ1) is 15.0. The Morgan fingerprint density at radius 3 is 2.26 bits per heavy atom. The van der Waals surface area contributed by atoms with Gasteiger partial charge in [0.1, 0.15) is 12.6 Å². The highest BCUT2D eigenvalue weighted by atomic mass is 79.9. The van der Waals surface area contributed by atoms with Crippen molar-refractivity contribution < 1.29 is 19.4 Å². The third-order valence-corrected chi connectivity index (χ3v) is 6.65. The lowest BCUT2D eigenvalue weighted by Gasteiger charge is -2.34. The summed E-state index contributed by atoms with van der Waals surface area (Å²) < 4.78 is 6.61. The van der Waals surface area contributed by atoms with Crippen LogP contribution in [-0.4, -0.2) is 34.7 Å². The van der Waals surface area contributed by atoms with Crippen LogP contribution in [0.3, 0.4) is 0 Å². The molecule has 1 N–H and O–H groups in total. The molecule has 5 nitrogen and oxygen atoms in total. The van der Waals surface area contributed by atoms with E-state index in [-0.39, 0.29) is 25.5 Å². The zero-order valence-electron chi connectivity index (χ0n) is 16.6. The number of benzene rings is 3. The molecule has 0 saturated carbocycles. The summed E-state index contributed by atoms with van der Waals surface area (Å²) in [6.45, 7) is 0.388. The molecule has 156 valence electrons. The predicted octanol–water partition coefficient (Wildman–Crippen LogP) is 5.21. The molecule has 1 heterocycles. The number of amides is 1. The van der Waals surface area contributed by atoms with Crippen LogP contribution in [0.4, 0.5) is 4.79 Å². The lowest BCUT2D eigenvalue weighted by molar-refractivity contribution is -0.143. The van der Waals surface area contributed by atoms with Crippen LogP contribution in [0, 0.1) is 0 Å². The van der Waals surface area contributed by atoms with Crippen molar-refractivity contribution in [1.29, 1.82) is 0 Å². The van der Waals surface area contributed by atoms with Crippen LogP contribution in [-0.2, 0) is 22.5 Å². The van der Waals surface area contributed by atoms with Crippen LogP contribution < -0.4 is 0 Å². The van der Waals surface area contributed by atoms with Gasteiger partial charge in [-0.2, -0.15) is 0 Å². The molecule has 0 bridgehead atoms. The first-order valence-electron chi connectivity index (χ1n) is 10.1.